The molecule has 20 heavy (non-hydrogen) atoms. The van der Waals surface area contributed by atoms with Gasteiger partial charge >= 0.3 is 5.97 Å². The zero-order chi connectivity index (χ0) is 15.1. The van der Waals surface area contributed by atoms with E-state index in [0.29, 0.717) is 12.1 Å². The van der Waals surface area contributed by atoms with Gasteiger partial charge < -0.3 is 10.4 Å². The number of carboxylic acids is 1. The van der Waals surface area contributed by atoms with Crippen LogP contribution in [0.5, 0.6) is 0 Å². The van der Waals surface area contributed by atoms with Crippen molar-refractivity contribution in [2.24, 2.45) is 0 Å². The second kappa shape index (κ2) is 7.51. The summed E-state index contributed by atoms with van der Waals surface area (Å²) < 4.78 is 0. The Bertz CT molecular complexity index is 552. The SMILES string of the molecule is C#CCC(NC(=O)c1cc(Cl)nc(CCC)c1)C(=O)O. The highest BCUT2D eigenvalue weighted by atomic mass is 35.5. The molecule has 0 aliphatic carbocycles. The number of pyridine rings is 1. The fraction of sp³-hybridized carbons (Fsp3) is 0.357. The molecule has 5 nitrogen and oxygen atoms in total. The molecule has 0 fully saturated rings. The molecule has 1 heterocycles. The van der Waals surface area contributed by atoms with Crippen LogP contribution in [0.4, 0.5) is 0 Å². The Kier molecular flexibility index (Phi) is 6.01. The average Bonchev–Trinajstić information content (AvgIpc) is 2.37. The molecule has 0 spiro atoms. The van der Waals surface area contributed by atoms with Crippen molar-refractivity contribution in [3.8, 4) is 12.3 Å². The van der Waals surface area contributed by atoms with Crippen LogP contribution in [0.15, 0.2) is 12.1 Å². The molecule has 1 unspecified atom stereocenters. The van der Waals surface area contributed by atoms with E-state index in [1.54, 1.807) is 6.07 Å². The standard InChI is InChI=1S/C14H15ClN2O3/c1-3-5-10-7-9(8-12(15)16-10)13(18)17-11(6-4-2)14(19)20/h2,7-8,11H,3,5-6H2,1H3,(H,17,18)(H,19,20). The summed E-state index contributed by atoms with van der Waals surface area (Å²) in [5, 5.41) is 11.5. The Morgan fingerprint density at radius 1 is 1.55 bits per heavy atom. The fourth-order valence-electron chi connectivity index (χ4n) is 1.63. The van der Waals surface area contributed by atoms with Crippen LogP contribution in [0.3, 0.4) is 0 Å². The molecule has 0 aliphatic rings. The lowest BCUT2D eigenvalue weighted by Crippen LogP contribution is -2.40. The van der Waals surface area contributed by atoms with Gasteiger partial charge in [0, 0.05) is 17.7 Å². The molecule has 6 heteroatoms. The minimum atomic E-state index is -1.18. The lowest BCUT2D eigenvalue weighted by Gasteiger charge is -2.12. The predicted molar refractivity (Wildman–Crippen MR) is 75.6 cm³/mol. The molecule has 1 aromatic heterocycles. The monoisotopic (exact) mass is 294 g/mol. The van der Waals surface area contributed by atoms with Crippen molar-refractivity contribution in [1.82, 2.24) is 10.3 Å². The highest BCUT2D eigenvalue weighted by Crippen LogP contribution is 2.12. The minimum Gasteiger partial charge on any atom is -0.480 e. The molecule has 2 N–H and O–H groups in total. The number of nitrogens with zero attached hydrogens (tertiary/aromatic N) is 1. The normalized spacial score (nSPS) is 11.4. The van der Waals surface area contributed by atoms with Gasteiger partial charge in [0.05, 0.1) is 0 Å². The number of carboxylic acid groups (broad SMARTS) is 1. The van der Waals surface area contributed by atoms with E-state index in [0.717, 1.165) is 6.42 Å². The van der Waals surface area contributed by atoms with Crippen LogP contribution in [0.1, 0.15) is 35.8 Å². The number of aryl methyl sites for hydroxylation is 1. The number of amides is 1. The summed E-state index contributed by atoms with van der Waals surface area (Å²) in [5.41, 5.74) is 0.964. The number of rotatable bonds is 6. The van der Waals surface area contributed by atoms with Gasteiger partial charge in [0.25, 0.3) is 5.91 Å². The Balaban J connectivity index is 2.91. The van der Waals surface area contributed by atoms with E-state index < -0.39 is 17.9 Å². The molecule has 0 saturated carbocycles. The van der Waals surface area contributed by atoms with E-state index >= 15 is 0 Å². The van der Waals surface area contributed by atoms with E-state index in [2.05, 4.69) is 16.2 Å². The van der Waals surface area contributed by atoms with E-state index in [4.69, 9.17) is 23.1 Å². The second-order valence-electron chi connectivity index (χ2n) is 4.19. The lowest BCUT2D eigenvalue weighted by atomic mass is 10.1. The Morgan fingerprint density at radius 2 is 2.25 bits per heavy atom. The third kappa shape index (κ3) is 4.56. The molecular weight excluding hydrogens is 280 g/mol. The Labute approximate surface area is 122 Å². The van der Waals surface area contributed by atoms with Gasteiger partial charge in [-0.2, -0.15) is 0 Å². The zero-order valence-corrected chi connectivity index (χ0v) is 11.8. The van der Waals surface area contributed by atoms with Gasteiger partial charge in [-0.15, -0.1) is 12.3 Å². The minimum absolute atomic E-state index is 0.0816. The molecule has 106 valence electrons. The number of halogens is 1. The molecule has 1 rings (SSSR count). The van der Waals surface area contributed by atoms with Crippen molar-refractivity contribution >= 4 is 23.5 Å². The van der Waals surface area contributed by atoms with Crippen molar-refractivity contribution in [3.05, 3.63) is 28.5 Å². The lowest BCUT2D eigenvalue weighted by molar-refractivity contribution is -0.139. The van der Waals surface area contributed by atoms with Crippen LogP contribution in [0, 0.1) is 12.3 Å². The smallest absolute Gasteiger partial charge is 0.327 e. The maximum absolute atomic E-state index is 12.0. The topological polar surface area (TPSA) is 79.3 Å². The molecule has 1 amide bonds. The van der Waals surface area contributed by atoms with Crippen molar-refractivity contribution in [2.45, 2.75) is 32.2 Å². The van der Waals surface area contributed by atoms with E-state index in [-0.39, 0.29) is 17.1 Å². The highest BCUT2D eigenvalue weighted by Gasteiger charge is 2.20. The number of terminal acetylenes is 1. The van der Waals surface area contributed by atoms with Gasteiger partial charge in [-0.25, -0.2) is 9.78 Å². The fourth-order valence-corrected chi connectivity index (χ4v) is 1.85. The van der Waals surface area contributed by atoms with Gasteiger partial charge in [0.15, 0.2) is 0 Å². The van der Waals surface area contributed by atoms with E-state index in [9.17, 15) is 9.59 Å². The van der Waals surface area contributed by atoms with Gasteiger partial charge in [0.2, 0.25) is 0 Å². The quantitative estimate of drug-likeness (QED) is 0.620. The molecule has 0 radical (unpaired) electrons. The predicted octanol–water partition coefficient (Wildman–Crippen LogP) is 1.89. The average molecular weight is 295 g/mol. The number of aliphatic carboxylic acids is 1. The van der Waals surface area contributed by atoms with Crippen molar-refractivity contribution in [3.63, 3.8) is 0 Å². The van der Waals surface area contributed by atoms with Gasteiger partial charge in [0.1, 0.15) is 11.2 Å². The summed E-state index contributed by atoms with van der Waals surface area (Å²) in [6.45, 7) is 1.98. The molecule has 1 atom stereocenters. The van der Waals surface area contributed by atoms with Crippen molar-refractivity contribution in [2.75, 3.05) is 0 Å². The second-order valence-corrected chi connectivity index (χ2v) is 4.58. The zero-order valence-electron chi connectivity index (χ0n) is 11.0. The van der Waals surface area contributed by atoms with Crippen LogP contribution in [0.2, 0.25) is 5.15 Å². The molecule has 0 aromatic carbocycles. The summed E-state index contributed by atoms with van der Waals surface area (Å²) in [5.74, 6) is 0.506. The van der Waals surface area contributed by atoms with Gasteiger partial charge in [-0.05, 0) is 18.6 Å². The van der Waals surface area contributed by atoms with Gasteiger partial charge in [-0.3, -0.25) is 4.79 Å². The van der Waals surface area contributed by atoms with Gasteiger partial charge in [-0.1, -0.05) is 24.9 Å². The van der Waals surface area contributed by atoms with E-state index in [1.807, 2.05) is 6.92 Å². The molecule has 1 aromatic rings. The number of nitrogens with one attached hydrogen (secondary N) is 1. The largest absolute Gasteiger partial charge is 0.480 e. The first-order valence-corrected chi connectivity index (χ1v) is 6.49. The third-order valence-corrected chi connectivity index (χ3v) is 2.73. The number of hydrogen-bond donors (Lipinski definition) is 2. The maximum atomic E-state index is 12.0. The first-order valence-electron chi connectivity index (χ1n) is 6.11. The molecule has 0 saturated heterocycles. The first-order chi connectivity index (χ1) is 9.47. The number of carbonyl (C=O) groups is 2. The van der Waals surface area contributed by atoms with Crippen molar-refractivity contribution < 1.29 is 14.7 Å². The molecule has 0 bridgehead atoms. The van der Waals surface area contributed by atoms with E-state index in [1.165, 1.54) is 6.07 Å². The molecule has 0 aliphatic heterocycles. The van der Waals surface area contributed by atoms with Crippen LogP contribution in [-0.4, -0.2) is 28.0 Å². The summed E-state index contributed by atoms with van der Waals surface area (Å²) in [4.78, 5) is 27.1. The van der Waals surface area contributed by atoms with Crippen LogP contribution in [-0.2, 0) is 11.2 Å². The van der Waals surface area contributed by atoms with Crippen LogP contribution >= 0.6 is 11.6 Å². The summed E-state index contributed by atoms with van der Waals surface area (Å²) >= 11 is 5.85. The Morgan fingerprint density at radius 3 is 2.80 bits per heavy atom. The highest BCUT2D eigenvalue weighted by molar-refractivity contribution is 6.29. The van der Waals surface area contributed by atoms with Crippen molar-refractivity contribution in [1.29, 1.82) is 0 Å². The van der Waals surface area contributed by atoms with Crippen LogP contribution < -0.4 is 5.32 Å². The number of aromatic nitrogens is 1. The molecular formula is C14H15ClN2O3. The maximum Gasteiger partial charge on any atom is 0.327 e. The number of hydrogen-bond acceptors (Lipinski definition) is 3. The first kappa shape index (κ1) is 16.0. The third-order valence-electron chi connectivity index (χ3n) is 2.54. The summed E-state index contributed by atoms with van der Waals surface area (Å²) in [7, 11) is 0. The summed E-state index contributed by atoms with van der Waals surface area (Å²) in [6.07, 6.45) is 6.54. The Hall–Kier alpha value is -2.06. The number of carbonyl (C=O) groups excluding carboxylic acids is 1. The summed E-state index contributed by atoms with van der Waals surface area (Å²) in [6, 6.07) is 1.87. The van der Waals surface area contributed by atoms with Crippen LogP contribution in [0.25, 0.3) is 0 Å².